The second kappa shape index (κ2) is 11.7. The molecular formula is C25H27F3N5O7P. The molecule has 1 saturated carbocycles. The van der Waals surface area contributed by atoms with E-state index in [0.717, 1.165) is 0 Å². The van der Waals surface area contributed by atoms with E-state index < -0.39 is 50.2 Å². The molecule has 0 spiro atoms. The second-order valence-corrected chi connectivity index (χ2v) is 11.5. The molecule has 3 N–H and O–H groups in total. The summed E-state index contributed by atoms with van der Waals surface area (Å²) >= 11 is 0. The van der Waals surface area contributed by atoms with Gasteiger partial charge in [-0.2, -0.15) is 4.98 Å². The number of alkyl halides is 2. The maximum Gasteiger partial charge on any atom is 0.356 e. The van der Waals surface area contributed by atoms with Crippen molar-refractivity contribution in [2.24, 2.45) is 5.92 Å². The van der Waals surface area contributed by atoms with Gasteiger partial charge in [0.2, 0.25) is 11.9 Å². The third kappa shape index (κ3) is 6.99. The van der Waals surface area contributed by atoms with Crippen LogP contribution in [0.2, 0.25) is 0 Å². The van der Waals surface area contributed by atoms with E-state index in [-0.39, 0.29) is 67.2 Å². The summed E-state index contributed by atoms with van der Waals surface area (Å²) in [4.78, 5) is 22.4. The Morgan fingerprint density at radius 2 is 2.07 bits per heavy atom. The van der Waals surface area contributed by atoms with Gasteiger partial charge >= 0.3 is 7.60 Å². The number of allylic oxidation sites excluding steroid dienone is 1. The molecule has 2 aromatic heterocycles. The summed E-state index contributed by atoms with van der Waals surface area (Å²) in [5.41, 5.74) is 5.85. The van der Waals surface area contributed by atoms with Crippen molar-refractivity contribution in [3.63, 3.8) is 0 Å². The minimum atomic E-state index is -4.03. The van der Waals surface area contributed by atoms with Gasteiger partial charge in [-0.1, -0.05) is 12.1 Å². The van der Waals surface area contributed by atoms with Gasteiger partial charge in [0.25, 0.3) is 11.5 Å². The van der Waals surface area contributed by atoms with Gasteiger partial charge < -0.3 is 29.0 Å². The lowest BCUT2D eigenvalue weighted by Gasteiger charge is -2.19. The van der Waals surface area contributed by atoms with Crippen molar-refractivity contribution in [3.05, 3.63) is 76.4 Å². The monoisotopic (exact) mass is 597 g/mol. The number of fused-ring (bicyclic) bond motifs is 1. The summed E-state index contributed by atoms with van der Waals surface area (Å²) in [7, 11) is -4.03. The first kappa shape index (κ1) is 28.9. The highest BCUT2D eigenvalue weighted by atomic mass is 31.2. The zero-order valence-corrected chi connectivity index (χ0v) is 22.6. The Morgan fingerprint density at radius 1 is 1.27 bits per heavy atom. The lowest BCUT2D eigenvalue weighted by Crippen LogP contribution is -2.14. The van der Waals surface area contributed by atoms with Crippen molar-refractivity contribution >= 4 is 24.7 Å². The Bertz CT molecular complexity index is 1590. The van der Waals surface area contributed by atoms with Crippen LogP contribution in [-0.4, -0.2) is 45.0 Å². The van der Waals surface area contributed by atoms with Gasteiger partial charge in [-0.25, -0.2) is 18.2 Å². The Morgan fingerprint density at radius 3 is 2.83 bits per heavy atom. The first-order valence-corrected chi connectivity index (χ1v) is 14.3. The quantitative estimate of drug-likeness (QED) is 0.227. The van der Waals surface area contributed by atoms with Gasteiger partial charge in [-0.05, 0) is 30.7 Å². The number of ether oxygens (including phenoxy) is 3. The molecule has 1 fully saturated rings. The zero-order valence-electron chi connectivity index (χ0n) is 21.7. The van der Waals surface area contributed by atoms with Gasteiger partial charge in [-0.3, -0.25) is 18.9 Å². The van der Waals surface area contributed by atoms with Crippen LogP contribution in [0.3, 0.4) is 0 Å². The average molecular weight is 597 g/mol. The number of nitrogens with one attached hydrogen (secondary N) is 1. The number of nitrogen functional groups attached to an aromatic ring is 1. The maximum atomic E-state index is 13.8. The van der Waals surface area contributed by atoms with Gasteiger partial charge in [-0.15, -0.1) is 0 Å². The molecule has 2 unspecified atom stereocenters. The summed E-state index contributed by atoms with van der Waals surface area (Å²) in [6.07, 6.45) is 0.328. The van der Waals surface area contributed by atoms with Crippen molar-refractivity contribution in [2.75, 3.05) is 25.3 Å². The van der Waals surface area contributed by atoms with Crippen molar-refractivity contribution in [3.8, 4) is 0 Å². The van der Waals surface area contributed by atoms with Crippen LogP contribution in [-0.2, 0) is 41.0 Å². The summed E-state index contributed by atoms with van der Waals surface area (Å²) < 4.78 is 84.2. The smallest absolute Gasteiger partial charge is 0.356 e. The van der Waals surface area contributed by atoms with E-state index in [1.165, 1.54) is 29.1 Å². The molecule has 3 heterocycles. The van der Waals surface area contributed by atoms with E-state index in [2.05, 4.69) is 21.5 Å². The molecule has 0 bridgehead atoms. The molecule has 0 radical (unpaired) electrons. The minimum Gasteiger partial charge on any atom is -0.427 e. The molecule has 1 aliphatic carbocycles. The van der Waals surface area contributed by atoms with Crippen molar-refractivity contribution in [1.82, 2.24) is 19.5 Å². The minimum absolute atomic E-state index is 0.0158. The summed E-state index contributed by atoms with van der Waals surface area (Å²) in [6.45, 7) is 3.03. The van der Waals surface area contributed by atoms with Gasteiger partial charge in [0.05, 0.1) is 19.5 Å². The Kier molecular flexibility index (Phi) is 8.23. The molecule has 0 amide bonds. The van der Waals surface area contributed by atoms with Crippen LogP contribution in [0.15, 0.2) is 59.4 Å². The molecule has 220 valence electrons. The Balaban J connectivity index is 1.26. The first-order valence-electron chi connectivity index (χ1n) is 12.6. The SMILES string of the molecule is C=C1OC(COP(=O)(COCCn2cnc3c(=O)[nH]c(N)nc32)OCc2cccc(F)c2)=C(C2CCC(F)(F)C2)O1. The lowest BCUT2D eigenvalue weighted by molar-refractivity contribution is 0.00452. The third-order valence-electron chi connectivity index (χ3n) is 6.44. The van der Waals surface area contributed by atoms with Crippen LogP contribution in [0.1, 0.15) is 24.8 Å². The van der Waals surface area contributed by atoms with Crippen LogP contribution in [0, 0.1) is 11.7 Å². The molecular weight excluding hydrogens is 570 g/mol. The average Bonchev–Trinajstić information content (AvgIpc) is 3.60. The highest BCUT2D eigenvalue weighted by Crippen LogP contribution is 2.51. The number of halogens is 3. The van der Waals surface area contributed by atoms with Crippen LogP contribution in [0.5, 0.6) is 0 Å². The molecule has 16 heteroatoms. The largest absolute Gasteiger partial charge is 0.427 e. The van der Waals surface area contributed by atoms with Gasteiger partial charge in [0, 0.05) is 25.3 Å². The van der Waals surface area contributed by atoms with Crippen molar-refractivity contribution in [1.29, 1.82) is 0 Å². The van der Waals surface area contributed by atoms with E-state index in [1.54, 1.807) is 6.07 Å². The fourth-order valence-electron chi connectivity index (χ4n) is 4.52. The van der Waals surface area contributed by atoms with Crippen LogP contribution >= 0.6 is 7.60 Å². The molecule has 3 aromatic rings. The molecule has 2 aliphatic rings. The molecule has 0 saturated heterocycles. The number of nitrogens with two attached hydrogens (primary N) is 1. The van der Waals surface area contributed by atoms with Gasteiger partial charge in [0.15, 0.2) is 22.7 Å². The number of imidazole rings is 1. The first-order chi connectivity index (χ1) is 19.5. The molecule has 1 aliphatic heterocycles. The van der Waals surface area contributed by atoms with Crippen molar-refractivity contribution in [2.45, 2.75) is 38.3 Å². The molecule has 12 nitrogen and oxygen atoms in total. The van der Waals surface area contributed by atoms with Crippen LogP contribution < -0.4 is 11.3 Å². The van der Waals surface area contributed by atoms with Crippen LogP contribution in [0.4, 0.5) is 19.1 Å². The fraction of sp³-hybridized carbons (Fsp3) is 0.400. The Hall–Kier alpha value is -3.65. The van der Waals surface area contributed by atoms with E-state index in [4.69, 9.17) is 29.0 Å². The highest BCUT2D eigenvalue weighted by Gasteiger charge is 2.44. The van der Waals surface area contributed by atoms with Crippen LogP contribution in [0.25, 0.3) is 11.2 Å². The normalized spacial score (nSPS) is 19.9. The topological polar surface area (TPSA) is 153 Å². The standard InChI is InChI=1S/C25H27F3N5O7P/c1-15-39-19(21(40-15)17-5-6-25(27,28)10-17)12-38-41(35,37-11-16-3-2-4-18(26)9-16)14-36-8-7-33-13-30-20-22(33)31-24(29)32-23(20)34/h2-4,9,13,17H,1,5-8,10-12,14H2,(H3,29,31,32,34). The zero-order chi connectivity index (χ0) is 29.2. The number of rotatable bonds is 12. The van der Waals surface area contributed by atoms with E-state index in [1.807, 2.05) is 0 Å². The highest BCUT2D eigenvalue weighted by molar-refractivity contribution is 7.53. The van der Waals surface area contributed by atoms with E-state index >= 15 is 0 Å². The molecule has 5 rings (SSSR count). The predicted octanol–water partition coefficient (Wildman–Crippen LogP) is 4.41. The summed E-state index contributed by atoms with van der Waals surface area (Å²) in [6, 6.07) is 5.53. The number of H-pyrrole nitrogens is 1. The third-order valence-corrected chi connectivity index (χ3v) is 7.98. The lowest BCUT2D eigenvalue weighted by atomic mass is 10.0. The number of benzene rings is 1. The summed E-state index contributed by atoms with van der Waals surface area (Å²) in [5.74, 6) is -3.93. The second-order valence-electron chi connectivity index (χ2n) is 9.55. The fourth-order valence-corrected chi connectivity index (χ4v) is 5.75. The molecule has 1 aromatic carbocycles. The number of hydrogen-bond acceptors (Lipinski definition) is 10. The van der Waals surface area contributed by atoms with E-state index in [9.17, 15) is 22.5 Å². The number of hydrogen-bond donors (Lipinski definition) is 2. The van der Waals surface area contributed by atoms with Crippen molar-refractivity contribution < 1.29 is 41.0 Å². The number of aromatic amines is 1. The number of nitrogens with zero attached hydrogens (tertiary/aromatic N) is 3. The number of anilines is 1. The predicted molar refractivity (Wildman–Crippen MR) is 139 cm³/mol. The maximum absolute atomic E-state index is 13.8. The summed E-state index contributed by atoms with van der Waals surface area (Å²) in [5, 5.41) is 0. The number of aromatic nitrogens is 4. The Labute approximate surface area is 231 Å². The molecule has 41 heavy (non-hydrogen) atoms. The van der Waals surface area contributed by atoms with Gasteiger partial charge in [0.1, 0.15) is 18.8 Å². The molecule has 2 atom stereocenters. The van der Waals surface area contributed by atoms with E-state index in [0.29, 0.717) is 5.56 Å².